The summed E-state index contributed by atoms with van der Waals surface area (Å²) in [4.78, 5) is 2.62. The minimum absolute atomic E-state index is 0.831. The highest BCUT2D eigenvalue weighted by Crippen LogP contribution is 2.38. The van der Waals surface area contributed by atoms with Gasteiger partial charge in [0.1, 0.15) is 0 Å². The van der Waals surface area contributed by atoms with E-state index in [4.69, 9.17) is 5.73 Å². The summed E-state index contributed by atoms with van der Waals surface area (Å²) in [5.74, 6) is 1.33. The van der Waals surface area contributed by atoms with E-state index >= 15 is 0 Å². The Morgan fingerprint density at radius 2 is 2.13 bits per heavy atom. The lowest BCUT2D eigenvalue weighted by molar-refractivity contribution is 0.261. The molecule has 2 nitrogen and oxygen atoms in total. The first kappa shape index (κ1) is 9.55. The second-order valence-electron chi connectivity index (χ2n) is 4.52. The largest absolute Gasteiger partial charge is 0.399 e. The van der Waals surface area contributed by atoms with Gasteiger partial charge in [-0.1, -0.05) is 12.1 Å². The third-order valence-corrected chi connectivity index (χ3v) is 4.77. The molecule has 3 rings (SSSR count). The topological polar surface area (TPSA) is 29.3 Å². The van der Waals surface area contributed by atoms with E-state index in [1.165, 1.54) is 24.3 Å². The molecule has 2 N–H and O–H groups in total. The molecular weight excluding hydrogens is 204 g/mol. The van der Waals surface area contributed by atoms with Gasteiger partial charge in [0, 0.05) is 35.8 Å². The molecule has 0 amide bonds. The Labute approximate surface area is 94.8 Å². The first-order valence-corrected chi connectivity index (χ1v) is 6.56. The van der Waals surface area contributed by atoms with Gasteiger partial charge in [0.2, 0.25) is 0 Å². The van der Waals surface area contributed by atoms with Gasteiger partial charge < -0.3 is 5.73 Å². The average molecular weight is 220 g/mol. The van der Waals surface area contributed by atoms with E-state index < -0.39 is 0 Å². The molecule has 2 fully saturated rings. The third kappa shape index (κ3) is 1.86. The molecule has 0 aliphatic carbocycles. The van der Waals surface area contributed by atoms with Crippen LogP contribution in [0.15, 0.2) is 24.3 Å². The fourth-order valence-electron chi connectivity index (χ4n) is 2.53. The van der Waals surface area contributed by atoms with Crippen LogP contribution in [-0.2, 0) is 6.54 Å². The van der Waals surface area contributed by atoms with E-state index in [-0.39, 0.29) is 0 Å². The molecule has 1 aromatic rings. The van der Waals surface area contributed by atoms with E-state index in [2.05, 4.69) is 28.8 Å². The van der Waals surface area contributed by atoms with Crippen LogP contribution in [0.3, 0.4) is 0 Å². The summed E-state index contributed by atoms with van der Waals surface area (Å²) in [5, 5.41) is 0.906. The van der Waals surface area contributed by atoms with Crippen LogP contribution in [-0.4, -0.2) is 28.5 Å². The molecule has 2 saturated heterocycles. The molecule has 2 heterocycles. The van der Waals surface area contributed by atoms with E-state index in [9.17, 15) is 0 Å². The average Bonchev–Trinajstić information content (AvgIpc) is 2.83. The molecule has 3 heteroatoms. The van der Waals surface area contributed by atoms with Crippen molar-refractivity contribution < 1.29 is 0 Å². The number of rotatable bonds is 2. The summed E-state index contributed by atoms with van der Waals surface area (Å²) < 4.78 is 0. The minimum Gasteiger partial charge on any atom is -0.399 e. The Kier molecular flexibility index (Phi) is 2.37. The van der Waals surface area contributed by atoms with Gasteiger partial charge in [-0.15, -0.1) is 0 Å². The molecule has 0 saturated carbocycles. The number of likely N-dealkylation sites (tertiary alicyclic amines) is 1. The van der Waals surface area contributed by atoms with E-state index in [1.54, 1.807) is 0 Å². The SMILES string of the molecule is Nc1ccc(CN2CC3CC2CS3)cc1. The Morgan fingerprint density at radius 3 is 2.73 bits per heavy atom. The smallest absolute Gasteiger partial charge is 0.0314 e. The van der Waals surface area contributed by atoms with E-state index in [1.807, 2.05) is 12.1 Å². The zero-order valence-electron chi connectivity index (χ0n) is 8.73. The summed E-state index contributed by atoms with van der Waals surface area (Å²) in [6.07, 6.45) is 1.40. The molecule has 2 atom stereocenters. The Morgan fingerprint density at radius 1 is 1.33 bits per heavy atom. The lowest BCUT2D eigenvalue weighted by atomic mass is 10.2. The summed E-state index contributed by atoms with van der Waals surface area (Å²) in [6, 6.07) is 9.12. The van der Waals surface area contributed by atoms with E-state index in [0.29, 0.717) is 0 Å². The molecule has 2 aliphatic rings. The first-order valence-electron chi connectivity index (χ1n) is 5.51. The maximum Gasteiger partial charge on any atom is 0.0314 e. The number of thioether (sulfide) groups is 1. The van der Waals surface area contributed by atoms with E-state index in [0.717, 1.165) is 23.5 Å². The molecule has 1 aromatic carbocycles. The predicted octanol–water partition coefficient (Wildman–Crippen LogP) is 1.96. The van der Waals surface area contributed by atoms with Crippen molar-refractivity contribution in [2.75, 3.05) is 18.0 Å². The monoisotopic (exact) mass is 220 g/mol. The zero-order valence-corrected chi connectivity index (χ0v) is 9.54. The summed E-state index contributed by atoms with van der Waals surface area (Å²) in [5.41, 5.74) is 7.93. The van der Waals surface area contributed by atoms with Gasteiger partial charge in [-0.05, 0) is 24.1 Å². The van der Waals surface area contributed by atoms with Crippen molar-refractivity contribution in [3.05, 3.63) is 29.8 Å². The molecule has 0 aromatic heterocycles. The second kappa shape index (κ2) is 3.72. The zero-order chi connectivity index (χ0) is 10.3. The quantitative estimate of drug-likeness (QED) is 0.773. The molecule has 80 valence electrons. The normalized spacial score (nSPS) is 29.9. The summed E-state index contributed by atoms with van der Waals surface area (Å²) in [7, 11) is 0. The van der Waals surface area contributed by atoms with Crippen molar-refractivity contribution in [1.82, 2.24) is 4.90 Å². The number of nitrogens with zero attached hydrogens (tertiary/aromatic N) is 1. The van der Waals surface area contributed by atoms with Gasteiger partial charge in [0.25, 0.3) is 0 Å². The summed E-state index contributed by atoms with van der Waals surface area (Å²) >= 11 is 2.15. The second-order valence-corrected chi connectivity index (χ2v) is 5.85. The molecule has 2 aliphatic heterocycles. The molecule has 2 unspecified atom stereocenters. The van der Waals surface area contributed by atoms with Crippen molar-refractivity contribution in [2.24, 2.45) is 0 Å². The minimum atomic E-state index is 0.831. The van der Waals surface area contributed by atoms with Crippen molar-refractivity contribution >= 4 is 17.4 Å². The highest BCUT2D eigenvalue weighted by molar-refractivity contribution is 8.00. The lowest BCUT2D eigenvalue weighted by Gasteiger charge is -2.26. The Bertz CT molecular complexity index is 349. The number of hydrogen-bond acceptors (Lipinski definition) is 3. The first-order chi connectivity index (χ1) is 7.31. The highest BCUT2D eigenvalue weighted by atomic mass is 32.2. The number of hydrogen-bond donors (Lipinski definition) is 1. The summed E-state index contributed by atoms with van der Waals surface area (Å²) in [6.45, 7) is 2.38. The standard InChI is InChI=1S/C12H16N2S/c13-10-3-1-9(2-4-10)6-14-7-12-5-11(14)8-15-12/h1-4,11-12H,5-8,13H2. The van der Waals surface area contributed by atoms with Crippen LogP contribution in [0.25, 0.3) is 0 Å². The number of nitrogen functional groups attached to an aromatic ring is 1. The van der Waals surface area contributed by atoms with Gasteiger partial charge in [-0.3, -0.25) is 4.90 Å². The molecular formula is C12H16N2S. The van der Waals surface area contributed by atoms with Crippen molar-refractivity contribution in [3.8, 4) is 0 Å². The highest BCUT2D eigenvalue weighted by Gasteiger charge is 2.37. The molecule has 15 heavy (non-hydrogen) atoms. The maximum absolute atomic E-state index is 5.68. The van der Waals surface area contributed by atoms with Gasteiger partial charge in [-0.25, -0.2) is 0 Å². The van der Waals surface area contributed by atoms with Crippen LogP contribution in [0.4, 0.5) is 5.69 Å². The van der Waals surface area contributed by atoms with Crippen LogP contribution in [0.5, 0.6) is 0 Å². The van der Waals surface area contributed by atoms with Crippen LogP contribution in [0.2, 0.25) is 0 Å². The van der Waals surface area contributed by atoms with Crippen molar-refractivity contribution in [2.45, 2.75) is 24.3 Å². The molecule has 2 bridgehead atoms. The van der Waals surface area contributed by atoms with Gasteiger partial charge in [-0.2, -0.15) is 11.8 Å². The fraction of sp³-hybridized carbons (Fsp3) is 0.500. The fourth-order valence-corrected chi connectivity index (χ4v) is 4.03. The number of nitrogens with two attached hydrogens (primary N) is 1. The molecule has 0 spiro atoms. The van der Waals surface area contributed by atoms with Gasteiger partial charge in [0.05, 0.1) is 0 Å². The Balaban J connectivity index is 1.68. The maximum atomic E-state index is 5.68. The van der Waals surface area contributed by atoms with Crippen LogP contribution >= 0.6 is 11.8 Å². The predicted molar refractivity (Wildman–Crippen MR) is 65.9 cm³/mol. The van der Waals surface area contributed by atoms with Crippen LogP contribution in [0.1, 0.15) is 12.0 Å². The third-order valence-electron chi connectivity index (χ3n) is 3.38. The van der Waals surface area contributed by atoms with Gasteiger partial charge in [0.15, 0.2) is 0 Å². The van der Waals surface area contributed by atoms with Gasteiger partial charge >= 0.3 is 0 Å². The van der Waals surface area contributed by atoms with Crippen LogP contribution in [0, 0.1) is 0 Å². The molecule has 0 radical (unpaired) electrons. The van der Waals surface area contributed by atoms with Crippen LogP contribution < -0.4 is 5.73 Å². The van der Waals surface area contributed by atoms with Crippen molar-refractivity contribution in [1.29, 1.82) is 0 Å². The lowest BCUT2D eigenvalue weighted by Crippen LogP contribution is -2.33. The number of anilines is 1. The Hall–Kier alpha value is -0.670. The van der Waals surface area contributed by atoms with Crippen molar-refractivity contribution in [3.63, 3.8) is 0 Å². The number of fused-ring (bicyclic) bond motifs is 2. The number of benzene rings is 1.